The minimum atomic E-state index is -0.211. The minimum absolute atomic E-state index is 0.211. The molecule has 1 heterocycles. The number of amides is 1. The Morgan fingerprint density at radius 1 is 1.37 bits per heavy atom. The Hall–Kier alpha value is -2.08. The van der Waals surface area contributed by atoms with Crippen molar-refractivity contribution in [3.8, 4) is 0 Å². The van der Waals surface area contributed by atoms with E-state index >= 15 is 0 Å². The smallest absolute Gasteiger partial charge is 0.217 e. The van der Waals surface area contributed by atoms with Gasteiger partial charge in [0.15, 0.2) is 5.96 Å². The molecule has 0 saturated carbocycles. The van der Waals surface area contributed by atoms with Crippen LogP contribution in [0.15, 0.2) is 29.3 Å². The van der Waals surface area contributed by atoms with E-state index < -0.39 is 0 Å². The van der Waals surface area contributed by atoms with Gasteiger partial charge in [0.2, 0.25) is 5.91 Å². The average molecular weight is 374 g/mol. The fourth-order valence-corrected chi connectivity index (χ4v) is 3.55. The summed E-state index contributed by atoms with van der Waals surface area (Å²) in [6, 6.07) is 8.66. The van der Waals surface area contributed by atoms with Crippen molar-refractivity contribution in [1.82, 2.24) is 15.1 Å². The van der Waals surface area contributed by atoms with E-state index in [9.17, 15) is 4.79 Å². The zero-order valence-corrected chi connectivity index (χ0v) is 17.1. The molecule has 1 atom stereocenters. The molecule has 1 aliphatic heterocycles. The van der Waals surface area contributed by atoms with Gasteiger partial charge in [-0.05, 0) is 50.4 Å². The molecule has 1 aromatic rings. The number of carbonyl (C=O) groups is 1. The van der Waals surface area contributed by atoms with Crippen molar-refractivity contribution in [3.63, 3.8) is 0 Å². The van der Waals surface area contributed by atoms with Gasteiger partial charge in [0, 0.05) is 32.6 Å². The highest BCUT2D eigenvalue weighted by Crippen LogP contribution is 2.19. The zero-order chi connectivity index (χ0) is 19.6. The van der Waals surface area contributed by atoms with Crippen LogP contribution < -0.4 is 11.1 Å². The topological polar surface area (TPSA) is 74.0 Å². The van der Waals surface area contributed by atoms with Gasteiger partial charge in [-0.2, -0.15) is 0 Å². The first-order valence-electron chi connectivity index (χ1n) is 10.1. The minimum Gasteiger partial charge on any atom is -0.370 e. The monoisotopic (exact) mass is 373 g/mol. The number of likely N-dealkylation sites (tertiary alicyclic amines) is 1. The van der Waals surface area contributed by atoms with Gasteiger partial charge < -0.3 is 20.9 Å². The maximum Gasteiger partial charge on any atom is 0.217 e. The molecule has 150 valence electrons. The molecule has 1 saturated heterocycles. The second kappa shape index (κ2) is 10.9. The van der Waals surface area contributed by atoms with E-state index in [0.29, 0.717) is 18.9 Å². The molecule has 0 radical (unpaired) electrons. The summed E-state index contributed by atoms with van der Waals surface area (Å²) >= 11 is 0. The molecule has 1 unspecified atom stereocenters. The number of nitrogens with one attached hydrogen (secondary N) is 1. The Labute approximate surface area is 163 Å². The van der Waals surface area contributed by atoms with Crippen LogP contribution in [0.2, 0.25) is 0 Å². The molecule has 1 aromatic carbocycles. The van der Waals surface area contributed by atoms with E-state index in [2.05, 4.69) is 60.3 Å². The summed E-state index contributed by atoms with van der Waals surface area (Å²) in [6.07, 6.45) is 2.59. The van der Waals surface area contributed by atoms with E-state index in [-0.39, 0.29) is 5.91 Å². The average Bonchev–Trinajstić information content (AvgIpc) is 2.65. The SMILES string of the molecule is CCNC(=NCc1cccc(CN(C)CC)c1)N1CCCC(CC(N)=O)C1. The molecule has 27 heavy (non-hydrogen) atoms. The van der Waals surface area contributed by atoms with Crippen LogP contribution in [-0.4, -0.2) is 54.9 Å². The number of hydrogen-bond donors (Lipinski definition) is 2. The maximum atomic E-state index is 11.3. The lowest BCUT2D eigenvalue weighted by Gasteiger charge is -2.34. The summed E-state index contributed by atoms with van der Waals surface area (Å²) in [4.78, 5) is 20.7. The summed E-state index contributed by atoms with van der Waals surface area (Å²) in [5.41, 5.74) is 7.93. The molecule has 0 spiro atoms. The van der Waals surface area contributed by atoms with Crippen molar-refractivity contribution in [2.24, 2.45) is 16.6 Å². The van der Waals surface area contributed by atoms with Crippen LogP contribution >= 0.6 is 0 Å². The van der Waals surface area contributed by atoms with Crippen LogP contribution in [0.25, 0.3) is 0 Å². The number of nitrogens with zero attached hydrogens (tertiary/aromatic N) is 3. The number of benzene rings is 1. The number of hydrogen-bond acceptors (Lipinski definition) is 3. The van der Waals surface area contributed by atoms with E-state index in [4.69, 9.17) is 10.7 Å². The molecular weight excluding hydrogens is 338 g/mol. The van der Waals surface area contributed by atoms with Gasteiger partial charge in [-0.3, -0.25) is 4.79 Å². The normalized spacial score (nSPS) is 18.0. The molecule has 1 amide bonds. The molecule has 6 nitrogen and oxygen atoms in total. The molecule has 0 aromatic heterocycles. The van der Waals surface area contributed by atoms with Gasteiger partial charge in [-0.25, -0.2) is 4.99 Å². The van der Waals surface area contributed by atoms with Gasteiger partial charge in [0.25, 0.3) is 0 Å². The third-order valence-electron chi connectivity index (χ3n) is 5.04. The summed E-state index contributed by atoms with van der Waals surface area (Å²) in [5, 5.41) is 3.40. The number of nitrogens with two attached hydrogens (primary N) is 1. The van der Waals surface area contributed by atoms with Crippen molar-refractivity contribution in [3.05, 3.63) is 35.4 Å². The molecular formula is C21H35N5O. The number of carbonyl (C=O) groups excluding carboxylic acids is 1. The Kier molecular flexibility index (Phi) is 8.58. The fourth-order valence-electron chi connectivity index (χ4n) is 3.55. The maximum absolute atomic E-state index is 11.3. The Bertz CT molecular complexity index is 631. The number of aliphatic imine (C=N–C) groups is 1. The van der Waals surface area contributed by atoms with Crippen LogP contribution in [0.1, 0.15) is 44.2 Å². The van der Waals surface area contributed by atoms with Crippen LogP contribution in [0.3, 0.4) is 0 Å². The quantitative estimate of drug-likeness (QED) is 0.541. The van der Waals surface area contributed by atoms with Crippen LogP contribution in [0.5, 0.6) is 0 Å². The molecule has 3 N–H and O–H groups in total. The Morgan fingerprint density at radius 2 is 2.15 bits per heavy atom. The fraction of sp³-hybridized carbons (Fsp3) is 0.619. The molecule has 0 bridgehead atoms. The van der Waals surface area contributed by atoms with Crippen molar-refractivity contribution in [2.45, 2.75) is 46.2 Å². The second-order valence-corrected chi connectivity index (χ2v) is 7.45. The van der Waals surface area contributed by atoms with Gasteiger partial charge in [0.1, 0.15) is 0 Å². The molecule has 2 rings (SSSR count). The highest BCUT2D eigenvalue weighted by Gasteiger charge is 2.23. The van der Waals surface area contributed by atoms with Crippen molar-refractivity contribution in [2.75, 3.05) is 33.2 Å². The predicted octanol–water partition coefficient (Wildman–Crippen LogP) is 2.19. The first kappa shape index (κ1) is 21.2. The lowest BCUT2D eigenvalue weighted by molar-refractivity contribution is -0.119. The second-order valence-electron chi connectivity index (χ2n) is 7.45. The Balaban J connectivity index is 2.04. The lowest BCUT2D eigenvalue weighted by atomic mass is 9.95. The largest absolute Gasteiger partial charge is 0.370 e. The van der Waals surface area contributed by atoms with Crippen LogP contribution in [-0.2, 0) is 17.9 Å². The summed E-state index contributed by atoms with van der Waals surface area (Å²) in [6.45, 7) is 9.55. The number of primary amides is 1. The standard InChI is InChI=1S/C21H35N5O/c1-4-23-21(26-11-7-10-19(16-26)13-20(22)27)24-14-17-8-6-9-18(12-17)15-25(3)5-2/h6,8-9,12,19H,4-5,7,10-11,13-16H2,1-3H3,(H2,22,27)(H,23,24). The lowest BCUT2D eigenvalue weighted by Crippen LogP contribution is -2.47. The van der Waals surface area contributed by atoms with Gasteiger partial charge in [-0.1, -0.05) is 31.2 Å². The summed E-state index contributed by atoms with van der Waals surface area (Å²) in [5.74, 6) is 1.05. The highest BCUT2D eigenvalue weighted by atomic mass is 16.1. The zero-order valence-electron chi connectivity index (χ0n) is 17.1. The first-order chi connectivity index (χ1) is 13.0. The van der Waals surface area contributed by atoms with Crippen molar-refractivity contribution < 1.29 is 4.79 Å². The highest BCUT2D eigenvalue weighted by molar-refractivity contribution is 5.80. The summed E-state index contributed by atoms with van der Waals surface area (Å²) in [7, 11) is 2.13. The third-order valence-corrected chi connectivity index (χ3v) is 5.04. The van der Waals surface area contributed by atoms with E-state index in [0.717, 1.165) is 51.5 Å². The number of rotatable bonds is 8. The molecule has 1 fully saturated rings. The number of piperidine rings is 1. The number of guanidine groups is 1. The first-order valence-corrected chi connectivity index (χ1v) is 10.1. The molecule has 6 heteroatoms. The predicted molar refractivity (Wildman–Crippen MR) is 111 cm³/mol. The van der Waals surface area contributed by atoms with Gasteiger partial charge in [-0.15, -0.1) is 0 Å². The Morgan fingerprint density at radius 3 is 2.85 bits per heavy atom. The molecule has 0 aliphatic carbocycles. The van der Waals surface area contributed by atoms with Crippen LogP contribution in [0.4, 0.5) is 0 Å². The van der Waals surface area contributed by atoms with E-state index in [1.165, 1.54) is 11.1 Å². The van der Waals surface area contributed by atoms with E-state index in [1.54, 1.807) is 0 Å². The van der Waals surface area contributed by atoms with E-state index in [1.807, 2.05) is 0 Å². The third kappa shape index (κ3) is 7.21. The van der Waals surface area contributed by atoms with Gasteiger partial charge in [0.05, 0.1) is 6.54 Å². The van der Waals surface area contributed by atoms with Gasteiger partial charge >= 0.3 is 0 Å². The van der Waals surface area contributed by atoms with Crippen LogP contribution in [0, 0.1) is 5.92 Å². The molecule has 1 aliphatic rings. The van der Waals surface area contributed by atoms with Crippen molar-refractivity contribution in [1.29, 1.82) is 0 Å². The summed E-state index contributed by atoms with van der Waals surface area (Å²) < 4.78 is 0. The van der Waals surface area contributed by atoms with Crippen molar-refractivity contribution >= 4 is 11.9 Å².